The van der Waals surface area contributed by atoms with Crippen LogP contribution in [0.15, 0.2) is 12.1 Å². The summed E-state index contributed by atoms with van der Waals surface area (Å²) in [6, 6.07) is 2.05. The first-order valence-electron chi connectivity index (χ1n) is 6.36. The monoisotopic (exact) mass is 284 g/mol. The zero-order chi connectivity index (χ0) is 15.3. The number of ether oxygens (including phenoxy) is 2. The van der Waals surface area contributed by atoms with Crippen LogP contribution in [0.4, 0.5) is 15.8 Å². The minimum absolute atomic E-state index is 0.0647. The first-order chi connectivity index (χ1) is 9.38. The molecule has 5 nitrogen and oxygen atoms in total. The highest BCUT2D eigenvalue weighted by Crippen LogP contribution is 2.29. The number of benzene rings is 1. The van der Waals surface area contributed by atoms with Crippen LogP contribution in [0.5, 0.6) is 5.75 Å². The molecule has 0 spiro atoms. The van der Waals surface area contributed by atoms with E-state index in [-0.39, 0.29) is 23.3 Å². The number of carbonyl (C=O) groups is 1. The van der Waals surface area contributed by atoms with Crippen molar-refractivity contribution in [1.82, 2.24) is 0 Å². The summed E-state index contributed by atoms with van der Waals surface area (Å²) in [7, 11) is 2.69. The summed E-state index contributed by atoms with van der Waals surface area (Å²) in [6.45, 7) is 3.98. The van der Waals surface area contributed by atoms with E-state index in [9.17, 15) is 9.18 Å². The molecule has 1 aromatic carbocycles. The first-order valence-corrected chi connectivity index (χ1v) is 6.36. The molecule has 112 valence electrons. The summed E-state index contributed by atoms with van der Waals surface area (Å²) in [4.78, 5) is 11.8. The van der Waals surface area contributed by atoms with Gasteiger partial charge in [0.15, 0.2) is 11.6 Å². The fourth-order valence-corrected chi connectivity index (χ4v) is 1.87. The summed E-state index contributed by atoms with van der Waals surface area (Å²) in [5.41, 5.74) is 6.41. The lowest BCUT2D eigenvalue weighted by atomic mass is 10.0. The molecule has 0 saturated heterocycles. The van der Waals surface area contributed by atoms with Gasteiger partial charge in [0.2, 0.25) is 0 Å². The molecule has 1 rings (SSSR count). The van der Waals surface area contributed by atoms with Crippen molar-refractivity contribution in [2.75, 3.05) is 25.3 Å². The van der Waals surface area contributed by atoms with Gasteiger partial charge in [0, 0.05) is 12.1 Å². The number of esters is 1. The summed E-state index contributed by atoms with van der Waals surface area (Å²) in [5.74, 6) is -0.583. The van der Waals surface area contributed by atoms with Crippen molar-refractivity contribution in [2.24, 2.45) is 5.92 Å². The molecule has 0 aliphatic carbocycles. The predicted octanol–water partition coefficient (Wildman–Crippen LogP) is 2.42. The molecule has 0 heterocycles. The van der Waals surface area contributed by atoms with Crippen LogP contribution < -0.4 is 15.8 Å². The van der Waals surface area contributed by atoms with Crippen LogP contribution in [0.25, 0.3) is 0 Å². The third-order valence-corrected chi connectivity index (χ3v) is 2.85. The number of carbonyl (C=O) groups excluding carboxylic acids is 1. The van der Waals surface area contributed by atoms with E-state index >= 15 is 0 Å². The summed E-state index contributed by atoms with van der Waals surface area (Å²) in [6.07, 6.45) is 0.575. The third-order valence-electron chi connectivity index (χ3n) is 2.85. The molecule has 20 heavy (non-hydrogen) atoms. The average molecular weight is 284 g/mol. The van der Waals surface area contributed by atoms with Gasteiger partial charge in [-0.05, 0) is 12.3 Å². The van der Waals surface area contributed by atoms with Crippen molar-refractivity contribution in [3.05, 3.63) is 17.9 Å². The number of hydrogen-bond donors (Lipinski definition) is 2. The van der Waals surface area contributed by atoms with Gasteiger partial charge in [0.1, 0.15) is 6.04 Å². The highest BCUT2D eigenvalue weighted by molar-refractivity contribution is 5.81. The van der Waals surface area contributed by atoms with Gasteiger partial charge in [0.25, 0.3) is 0 Å². The normalized spacial score (nSPS) is 12.1. The molecular formula is C14H21FN2O3. The second-order valence-corrected chi connectivity index (χ2v) is 4.92. The second-order valence-electron chi connectivity index (χ2n) is 4.92. The Morgan fingerprint density at radius 1 is 1.40 bits per heavy atom. The number of hydrogen-bond acceptors (Lipinski definition) is 5. The van der Waals surface area contributed by atoms with Crippen molar-refractivity contribution in [2.45, 2.75) is 26.3 Å². The van der Waals surface area contributed by atoms with Gasteiger partial charge in [-0.3, -0.25) is 0 Å². The van der Waals surface area contributed by atoms with Crippen LogP contribution in [0, 0.1) is 11.7 Å². The van der Waals surface area contributed by atoms with Gasteiger partial charge in [0.05, 0.1) is 25.6 Å². The van der Waals surface area contributed by atoms with Gasteiger partial charge >= 0.3 is 5.97 Å². The molecule has 6 heteroatoms. The highest BCUT2D eigenvalue weighted by atomic mass is 19.1. The molecule has 0 fully saturated rings. The van der Waals surface area contributed by atoms with Crippen LogP contribution in [0.1, 0.15) is 20.3 Å². The van der Waals surface area contributed by atoms with E-state index in [0.29, 0.717) is 12.1 Å². The van der Waals surface area contributed by atoms with E-state index in [1.54, 1.807) is 0 Å². The molecule has 0 aliphatic heterocycles. The maximum absolute atomic E-state index is 13.5. The summed E-state index contributed by atoms with van der Waals surface area (Å²) in [5, 5.41) is 2.99. The predicted molar refractivity (Wildman–Crippen MR) is 76.2 cm³/mol. The molecule has 0 aromatic heterocycles. The molecule has 0 aliphatic rings. The molecule has 0 amide bonds. The number of nitrogens with one attached hydrogen (secondary N) is 1. The molecule has 1 atom stereocenters. The zero-order valence-electron chi connectivity index (χ0n) is 12.2. The lowest BCUT2D eigenvalue weighted by Crippen LogP contribution is -2.32. The zero-order valence-corrected chi connectivity index (χ0v) is 12.2. The SMILES string of the molecule is COC(=O)C(CC(C)C)Nc1cc(OC)c(F)cc1N. The number of halogens is 1. The quantitative estimate of drug-likeness (QED) is 0.620. The molecular weight excluding hydrogens is 263 g/mol. The summed E-state index contributed by atoms with van der Waals surface area (Å²) < 4.78 is 23.1. The van der Waals surface area contributed by atoms with Crippen LogP contribution in [-0.4, -0.2) is 26.2 Å². The Kier molecular flexibility index (Phi) is 5.61. The molecule has 1 aromatic rings. The van der Waals surface area contributed by atoms with Gasteiger partial charge < -0.3 is 20.5 Å². The lowest BCUT2D eigenvalue weighted by molar-refractivity contribution is -0.141. The van der Waals surface area contributed by atoms with Crippen molar-refractivity contribution in [3.8, 4) is 5.75 Å². The topological polar surface area (TPSA) is 73.6 Å². The fraction of sp³-hybridized carbons (Fsp3) is 0.500. The van der Waals surface area contributed by atoms with E-state index in [0.717, 1.165) is 6.07 Å². The Bertz CT molecular complexity index is 478. The Hall–Kier alpha value is -1.98. The van der Waals surface area contributed by atoms with E-state index in [4.69, 9.17) is 15.2 Å². The molecule has 1 unspecified atom stereocenters. The molecule has 0 saturated carbocycles. The Balaban J connectivity index is 3.01. The van der Waals surface area contributed by atoms with Crippen LogP contribution in [0.3, 0.4) is 0 Å². The number of methoxy groups -OCH3 is 2. The number of nitrogen functional groups attached to an aromatic ring is 1. The smallest absolute Gasteiger partial charge is 0.328 e. The maximum Gasteiger partial charge on any atom is 0.328 e. The lowest BCUT2D eigenvalue weighted by Gasteiger charge is -2.21. The van der Waals surface area contributed by atoms with Gasteiger partial charge in [-0.2, -0.15) is 0 Å². The van der Waals surface area contributed by atoms with Crippen LogP contribution in [-0.2, 0) is 9.53 Å². The van der Waals surface area contributed by atoms with Gasteiger partial charge in [-0.25, -0.2) is 9.18 Å². The molecule has 0 bridgehead atoms. The minimum atomic E-state index is -0.547. The van der Waals surface area contributed by atoms with E-state index in [2.05, 4.69) is 5.32 Å². The third kappa shape index (κ3) is 4.01. The Morgan fingerprint density at radius 3 is 2.55 bits per heavy atom. The molecule has 0 radical (unpaired) electrons. The maximum atomic E-state index is 13.5. The Morgan fingerprint density at radius 2 is 2.05 bits per heavy atom. The first kappa shape index (κ1) is 16.1. The number of anilines is 2. The number of rotatable bonds is 6. The second kappa shape index (κ2) is 6.98. The van der Waals surface area contributed by atoms with E-state index < -0.39 is 11.9 Å². The van der Waals surface area contributed by atoms with E-state index in [1.165, 1.54) is 20.3 Å². The molecule has 3 N–H and O–H groups in total. The van der Waals surface area contributed by atoms with Crippen molar-refractivity contribution < 1.29 is 18.7 Å². The minimum Gasteiger partial charge on any atom is -0.494 e. The Labute approximate surface area is 118 Å². The summed E-state index contributed by atoms with van der Waals surface area (Å²) >= 11 is 0. The van der Waals surface area contributed by atoms with Gasteiger partial charge in [-0.15, -0.1) is 0 Å². The average Bonchev–Trinajstić information content (AvgIpc) is 2.39. The standard InChI is InChI=1S/C14H21FN2O3/c1-8(2)5-12(14(18)20-4)17-11-7-13(19-3)9(15)6-10(11)16/h6-8,12,17H,5,16H2,1-4H3. The van der Waals surface area contributed by atoms with Gasteiger partial charge in [-0.1, -0.05) is 13.8 Å². The largest absolute Gasteiger partial charge is 0.494 e. The van der Waals surface area contributed by atoms with Crippen LogP contribution >= 0.6 is 0 Å². The van der Waals surface area contributed by atoms with Crippen molar-refractivity contribution >= 4 is 17.3 Å². The van der Waals surface area contributed by atoms with Crippen molar-refractivity contribution in [1.29, 1.82) is 0 Å². The number of nitrogens with two attached hydrogens (primary N) is 1. The highest BCUT2D eigenvalue weighted by Gasteiger charge is 2.22. The fourth-order valence-electron chi connectivity index (χ4n) is 1.87. The van der Waals surface area contributed by atoms with E-state index in [1.807, 2.05) is 13.8 Å². The van der Waals surface area contributed by atoms with Crippen LogP contribution in [0.2, 0.25) is 0 Å². The van der Waals surface area contributed by atoms with Crippen molar-refractivity contribution in [3.63, 3.8) is 0 Å².